The van der Waals surface area contributed by atoms with Crippen LogP contribution in [0.3, 0.4) is 0 Å². The first-order valence-corrected chi connectivity index (χ1v) is 10.2. The van der Waals surface area contributed by atoms with E-state index in [9.17, 15) is 9.59 Å². The van der Waals surface area contributed by atoms with Crippen LogP contribution in [0.1, 0.15) is 38.7 Å². The standard InChI is InChI=1S/C23H31N3O2/c1-23(2,26-13-6-3-7-14-26)17-25-22(28)16-24-21(27)15-19-11-8-10-18-9-4-5-12-20(18)19/h4-5,8-12H,3,6-7,13-17H2,1-2H3,(H,24,27)(H,25,28). The molecule has 0 aliphatic carbocycles. The fourth-order valence-corrected chi connectivity index (χ4v) is 3.85. The second-order valence-electron chi connectivity index (χ2n) is 8.23. The highest BCUT2D eigenvalue weighted by molar-refractivity contribution is 5.91. The minimum atomic E-state index is -0.142. The SMILES string of the molecule is CC(C)(CNC(=O)CNC(=O)Cc1cccc2ccccc12)N1CCCCC1. The molecule has 150 valence electrons. The van der Waals surface area contributed by atoms with E-state index in [1.54, 1.807) is 0 Å². The number of fused-ring (bicyclic) bond motifs is 1. The first-order chi connectivity index (χ1) is 13.5. The second-order valence-corrected chi connectivity index (χ2v) is 8.23. The molecule has 0 unspecified atom stereocenters. The average molecular weight is 382 g/mol. The first-order valence-electron chi connectivity index (χ1n) is 10.2. The number of hydrogen-bond donors (Lipinski definition) is 2. The van der Waals surface area contributed by atoms with E-state index in [4.69, 9.17) is 0 Å². The molecule has 0 spiro atoms. The van der Waals surface area contributed by atoms with E-state index in [1.807, 2.05) is 42.5 Å². The highest BCUT2D eigenvalue weighted by Gasteiger charge is 2.28. The van der Waals surface area contributed by atoms with Gasteiger partial charge in [0.2, 0.25) is 11.8 Å². The van der Waals surface area contributed by atoms with Crippen molar-refractivity contribution >= 4 is 22.6 Å². The van der Waals surface area contributed by atoms with Crippen LogP contribution in [0.15, 0.2) is 42.5 Å². The topological polar surface area (TPSA) is 61.4 Å². The van der Waals surface area contributed by atoms with Crippen molar-refractivity contribution in [1.29, 1.82) is 0 Å². The number of hydrogen-bond acceptors (Lipinski definition) is 3. The van der Waals surface area contributed by atoms with Gasteiger partial charge in [-0.2, -0.15) is 0 Å². The highest BCUT2D eigenvalue weighted by Crippen LogP contribution is 2.20. The number of nitrogens with zero attached hydrogens (tertiary/aromatic N) is 1. The Balaban J connectivity index is 1.45. The van der Waals surface area contributed by atoms with E-state index in [0.29, 0.717) is 6.54 Å². The summed E-state index contributed by atoms with van der Waals surface area (Å²) in [7, 11) is 0. The average Bonchev–Trinajstić information content (AvgIpc) is 2.72. The Morgan fingerprint density at radius 3 is 2.43 bits per heavy atom. The van der Waals surface area contributed by atoms with Crippen LogP contribution in [-0.4, -0.2) is 48.4 Å². The fraction of sp³-hybridized carbons (Fsp3) is 0.478. The molecule has 28 heavy (non-hydrogen) atoms. The molecule has 1 heterocycles. The zero-order valence-electron chi connectivity index (χ0n) is 17.0. The summed E-state index contributed by atoms with van der Waals surface area (Å²) in [5, 5.41) is 7.91. The normalized spacial score (nSPS) is 15.4. The lowest BCUT2D eigenvalue weighted by Gasteiger charge is -2.41. The number of carbonyl (C=O) groups excluding carboxylic acids is 2. The predicted octanol–water partition coefficient (Wildman–Crippen LogP) is 2.88. The molecule has 1 saturated heterocycles. The van der Waals surface area contributed by atoms with Crippen molar-refractivity contribution in [3.8, 4) is 0 Å². The van der Waals surface area contributed by atoms with Gasteiger partial charge in [-0.15, -0.1) is 0 Å². The zero-order chi connectivity index (χ0) is 20.0. The number of nitrogens with one attached hydrogen (secondary N) is 2. The van der Waals surface area contributed by atoms with Gasteiger partial charge in [0.05, 0.1) is 13.0 Å². The summed E-state index contributed by atoms with van der Waals surface area (Å²) in [6.07, 6.45) is 4.01. The molecule has 0 radical (unpaired) electrons. The van der Waals surface area contributed by atoms with Crippen LogP contribution in [-0.2, 0) is 16.0 Å². The van der Waals surface area contributed by atoms with Crippen LogP contribution in [0.4, 0.5) is 0 Å². The minimum absolute atomic E-state index is 0.0136. The summed E-state index contributed by atoms with van der Waals surface area (Å²) in [6, 6.07) is 14.0. The molecule has 3 rings (SSSR count). The Kier molecular flexibility index (Phi) is 6.68. The van der Waals surface area contributed by atoms with Crippen molar-refractivity contribution in [2.45, 2.75) is 45.1 Å². The molecule has 2 N–H and O–H groups in total. The van der Waals surface area contributed by atoms with Gasteiger partial charge in [-0.3, -0.25) is 14.5 Å². The molecule has 1 aliphatic heterocycles. The smallest absolute Gasteiger partial charge is 0.239 e. The molecule has 0 aromatic heterocycles. The molecule has 2 amide bonds. The Morgan fingerprint density at radius 1 is 0.929 bits per heavy atom. The number of piperidine rings is 1. The summed E-state index contributed by atoms with van der Waals surface area (Å²) in [6.45, 7) is 7.11. The number of rotatable bonds is 7. The van der Waals surface area contributed by atoms with Gasteiger partial charge in [-0.05, 0) is 56.1 Å². The number of carbonyl (C=O) groups is 2. The largest absolute Gasteiger partial charge is 0.353 e. The molecule has 0 saturated carbocycles. The van der Waals surface area contributed by atoms with Crippen molar-refractivity contribution in [1.82, 2.24) is 15.5 Å². The van der Waals surface area contributed by atoms with E-state index in [0.717, 1.165) is 29.4 Å². The van der Waals surface area contributed by atoms with Crippen LogP contribution in [0.25, 0.3) is 10.8 Å². The molecule has 5 nitrogen and oxygen atoms in total. The van der Waals surface area contributed by atoms with Gasteiger partial charge in [-0.25, -0.2) is 0 Å². The maximum absolute atomic E-state index is 12.3. The lowest BCUT2D eigenvalue weighted by Crippen LogP contribution is -2.54. The van der Waals surface area contributed by atoms with Crippen LogP contribution < -0.4 is 10.6 Å². The monoisotopic (exact) mass is 381 g/mol. The van der Waals surface area contributed by atoms with Crippen molar-refractivity contribution < 1.29 is 9.59 Å². The molecule has 1 aliphatic rings. The molecule has 5 heteroatoms. The third-order valence-electron chi connectivity index (χ3n) is 5.61. The zero-order valence-corrected chi connectivity index (χ0v) is 17.0. The lowest BCUT2D eigenvalue weighted by atomic mass is 9.98. The van der Waals surface area contributed by atoms with Crippen LogP contribution >= 0.6 is 0 Å². The number of amides is 2. The highest BCUT2D eigenvalue weighted by atomic mass is 16.2. The quantitative estimate of drug-likeness (QED) is 0.775. The molecule has 2 aromatic rings. The van der Waals surface area contributed by atoms with Gasteiger partial charge in [0.15, 0.2) is 0 Å². The van der Waals surface area contributed by atoms with Crippen LogP contribution in [0.5, 0.6) is 0 Å². The van der Waals surface area contributed by atoms with Gasteiger partial charge in [0.25, 0.3) is 0 Å². The molecule has 2 aromatic carbocycles. The fourth-order valence-electron chi connectivity index (χ4n) is 3.85. The van der Waals surface area contributed by atoms with Gasteiger partial charge in [0, 0.05) is 12.1 Å². The summed E-state index contributed by atoms with van der Waals surface area (Å²) in [4.78, 5) is 26.9. The van der Waals surface area contributed by atoms with Gasteiger partial charge < -0.3 is 10.6 Å². The number of likely N-dealkylation sites (tertiary alicyclic amines) is 1. The molecule has 0 atom stereocenters. The van der Waals surface area contributed by atoms with Crippen molar-refractivity contribution in [2.75, 3.05) is 26.2 Å². The third kappa shape index (κ3) is 5.32. The maximum atomic E-state index is 12.3. The summed E-state index contributed by atoms with van der Waals surface area (Å²) in [5.41, 5.74) is 0.908. The summed E-state index contributed by atoms with van der Waals surface area (Å²) < 4.78 is 0. The van der Waals surface area contributed by atoms with E-state index >= 15 is 0 Å². The first kappa shape index (κ1) is 20.3. The third-order valence-corrected chi connectivity index (χ3v) is 5.61. The van der Waals surface area contributed by atoms with E-state index in [2.05, 4.69) is 29.4 Å². The maximum Gasteiger partial charge on any atom is 0.239 e. The van der Waals surface area contributed by atoms with Crippen molar-refractivity contribution in [3.05, 3.63) is 48.0 Å². The Morgan fingerprint density at radius 2 is 1.64 bits per heavy atom. The summed E-state index contributed by atoms with van der Waals surface area (Å²) >= 11 is 0. The second kappa shape index (κ2) is 9.20. The Hall–Kier alpha value is -2.40. The minimum Gasteiger partial charge on any atom is -0.353 e. The summed E-state index contributed by atoms with van der Waals surface area (Å²) in [5.74, 6) is -0.279. The molecule has 1 fully saturated rings. The number of benzene rings is 2. The lowest BCUT2D eigenvalue weighted by molar-refractivity contribution is -0.126. The van der Waals surface area contributed by atoms with Crippen LogP contribution in [0.2, 0.25) is 0 Å². The Labute approximate surface area is 167 Å². The van der Waals surface area contributed by atoms with Crippen LogP contribution in [0, 0.1) is 0 Å². The molecule has 0 bridgehead atoms. The van der Waals surface area contributed by atoms with Gasteiger partial charge in [-0.1, -0.05) is 48.9 Å². The van der Waals surface area contributed by atoms with Gasteiger partial charge >= 0.3 is 0 Å². The van der Waals surface area contributed by atoms with Crippen molar-refractivity contribution in [2.24, 2.45) is 0 Å². The van der Waals surface area contributed by atoms with Crippen molar-refractivity contribution in [3.63, 3.8) is 0 Å². The van der Waals surface area contributed by atoms with E-state index < -0.39 is 0 Å². The molecular formula is C23H31N3O2. The molecular weight excluding hydrogens is 350 g/mol. The predicted molar refractivity (Wildman–Crippen MR) is 113 cm³/mol. The van der Waals surface area contributed by atoms with E-state index in [1.165, 1.54) is 19.3 Å². The van der Waals surface area contributed by atoms with Gasteiger partial charge in [0.1, 0.15) is 0 Å². The van der Waals surface area contributed by atoms with E-state index in [-0.39, 0.29) is 30.3 Å². The Bertz CT molecular complexity index is 820.